The zero-order chi connectivity index (χ0) is 14.0. The van der Waals surface area contributed by atoms with E-state index in [0.717, 1.165) is 6.07 Å². The molecule has 0 radical (unpaired) electrons. The Hall–Kier alpha value is -0.700. The van der Waals surface area contributed by atoms with Gasteiger partial charge in [0.2, 0.25) is 0 Å². The molecule has 18 heavy (non-hydrogen) atoms. The summed E-state index contributed by atoms with van der Waals surface area (Å²) < 4.78 is 37.8. The topological polar surface area (TPSA) is 0 Å². The Bertz CT molecular complexity index is 398. The molecule has 1 atom stereocenters. The van der Waals surface area contributed by atoms with E-state index in [4.69, 9.17) is 11.6 Å². The summed E-state index contributed by atoms with van der Waals surface area (Å²) in [5.41, 5.74) is -0.103. The van der Waals surface area contributed by atoms with E-state index in [0.29, 0.717) is 23.8 Å². The first-order valence-corrected chi connectivity index (χ1v) is 6.44. The fourth-order valence-electron chi connectivity index (χ4n) is 1.73. The molecule has 4 heteroatoms. The molecule has 1 rings (SSSR count). The van der Waals surface area contributed by atoms with Gasteiger partial charge in [-0.15, -0.1) is 11.6 Å². The van der Waals surface area contributed by atoms with Crippen LogP contribution in [0.3, 0.4) is 0 Å². The molecule has 0 aliphatic heterocycles. The highest BCUT2D eigenvalue weighted by Crippen LogP contribution is 2.35. The maximum absolute atomic E-state index is 12.6. The van der Waals surface area contributed by atoms with Crippen molar-refractivity contribution in [3.63, 3.8) is 0 Å². The van der Waals surface area contributed by atoms with E-state index in [2.05, 4.69) is 0 Å². The molecule has 102 valence electrons. The minimum Gasteiger partial charge on any atom is -0.166 e. The third-order valence-electron chi connectivity index (χ3n) is 3.56. The molecule has 0 aliphatic carbocycles. The van der Waals surface area contributed by atoms with Crippen LogP contribution in [0.25, 0.3) is 0 Å². The fourth-order valence-corrected chi connectivity index (χ4v) is 2.13. The van der Waals surface area contributed by atoms with Gasteiger partial charge in [0.1, 0.15) is 0 Å². The van der Waals surface area contributed by atoms with E-state index in [1.54, 1.807) is 6.07 Å². The summed E-state index contributed by atoms with van der Waals surface area (Å²) in [6.07, 6.45) is -3.73. The van der Waals surface area contributed by atoms with Crippen LogP contribution in [-0.4, -0.2) is 5.88 Å². The first-order valence-electron chi connectivity index (χ1n) is 5.91. The van der Waals surface area contributed by atoms with Crippen LogP contribution in [0.4, 0.5) is 13.2 Å². The minimum absolute atomic E-state index is 0.189. The summed E-state index contributed by atoms with van der Waals surface area (Å²) in [5.74, 6) is 0.741. The highest BCUT2D eigenvalue weighted by Gasteiger charge is 2.32. The SMILES string of the molecule is CC(C)C(C)(CCl)Cc1cccc(C(F)(F)F)c1. The molecule has 0 nitrogen and oxygen atoms in total. The lowest BCUT2D eigenvalue weighted by atomic mass is 9.76. The van der Waals surface area contributed by atoms with Gasteiger partial charge < -0.3 is 0 Å². The quantitative estimate of drug-likeness (QED) is 0.668. The van der Waals surface area contributed by atoms with Gasteiger partial charge in [-0.2, -0.15) is 13.2 Å². The number of hydrogen-bond donors (Lipinski definition) is 0. The van der Waals surface area contributed by atoms with E-state index < -0.39 is 11.7 Å². The van der Waals surface area contributed by atoms with Crippen molar-refractivity contribution in [2.75, 3.05) is 5.88 Å². The predicted molar refractivity (Wildman–Crippen MR) is 68.8 cm³/mol. The maximum atomic E-state index is 12.6. The van der Waals surface area contributed by atoms with Crippen molar-refractivity contribution in [2.24, 2.45) is 11.3 Å². The number of alkyl halides is 4. The maximum Gasteiger partial charge on any atom is 0.416 e. The Kier molecular flexibility index (Phi) is 4.71. The summed E-state index contributed by atoms with van der Waals surface area (Å²) in [5, 5.41) is 0. The first-order chi connectivity index (χ1) is 8.19. The summed E-state index contributed by atoms with van der Waals surface area (Å²) in [7, 11) is 0. The third-order valence-corrected chi connectivity index (χ3v) is 4.17. The monoisotopic (exact) mass is 278 g/mol. The van der Waals surface area contributed by atoms with Crippen LogP contribution in [0.2, 0.25) is 0 Å². The highest BCUT2D eigenvalue weighted by atomic mass is 35.5. The van der Waals surface area contributed by atoms with E-state index in [-0.39, 0.29) is 5.41 Å². The van der Waals surface area contributed by atoms with Crippen LogP contribution in [0, 0.1) is 11.3 Å². The zero-order valence-electron chi connectivity index (χ0n) is 10.8. The second kappa shape index (κ2) is 5.52. The molecule has 0 heterocycles. The molecule has 0 N–H and O–H groups in total. The average Bonchev–Trinajstić information content (AvgIpc) is 2.28. The van der Waals surface area contributed by atoms with Crippen LogP contribution in [0.15, 0.2) is 24.3 Å². The van der Waals surface area contributed by atoms with Gasteiger partial charge in [0.25, 0.3) is 0 Å². The van der Waals surface area contributed by atoms with E-state index >= 15 is 0 Å². The lowest BCUT2D eigenvalue weighted by Crippen LogP contribution is -2.28. The van der Waals surface area contributed by atoms with Gasteiger partial charge >= 0.3 is 6.18 Å². The predicted octanol–water partition coefficient (Wildman–Crippen LogP) is 5.15. The Balaban J connectivity index is 2.98. The van der Waals surface area contributed by atoms with Crippen LogP contribution >= 0.6 is 11.6 Å². The first kappa shape index (κ1) is 15.4. The van der Waals surface area contributed by atoms with Gasteiger partial charge in [-0.3, -0.25) is 0 Å². The number of hydrogen-bond acceptors (Lipinski definition) is 0. The van der Waals surface area contributed by atoms with Gasteiger partial charge in [0.15, 0.2) is 0 Å². The molecule has 0 saturated carbocycles. The third kappa shape index (κ3) is 3.64. The lowest BCUT2D eigenvalue weighted by molar-refractivity contribution is -0.137. The van der Waals surface area contributed by atoms with Crippen molar-refractivity contribution >= 4 is 11.6 Å². The summed E-state index contributed by atoms with van der Waals surface area (Å²) >= 11 is 5.96. The second-order valence-corrected chi connectivity index (χ2v) is 5.58. The van der Waals surface area contributed by atoms with E-state index in [9.17, 15) is 13.2 Å². The molecule has 1 aromatic rings. The number of rotatable bonds is 4. The molecule has 0 fully saturated rings. The lowest BCUT2D eigenvalue weighted by Gasteiger charge is -2.32. The normalized spacial score (nSPS) is 15.8. The zero-order valence-corrected chi connectivity index (χ0v) is 11.6. The van der Waals surface area contributed by atoms with Crippen LogP contribution in [-0.2, 0) is 12.6 Å². The molecular weight excluding hydrogens is 261 g/mol. The van der Waals surface area contributed by atoms with E-state index in [1.165, 1.54) is 12.1 Å². The van der Waals surface area contributed by atoms with Gasteiger partial charge in [0.05, 0.1) is 5.56 Å². The Labute approximate surface area is 111 Å². The molecule has 0 amide bonds. The van der Waals surface area contributed by atoms with Crippen LogP contribution in [0.5, 0.6) is 0 Å². The Morgan fingerprint density at radius 3 is 2.28 bits per heavy atom. The van der Waals surface area contributed by atoms with Crippen molar-refractivity contribution in [3.05, 3.63) is 35.4 Å². The molecule has 0 aromatic heterocycles. The van der Waals surface area contributed by atoms with Gasteiger partial charge in [0, 0.05) is 5.88 Å². The average molecular weight is 279 g/mol. The van der Waals surface area contributed by atoms with Crippen molar-refractivity contribution in [1.29, 1.82) is 0 Å². The smallest absolute Gasteiger partial charge is 0.166 e. The number of benzene rings is 1. The molecule has 1 unspecified atom stereocenters. The summed E-state index contributed by atoms with van der Waals surface area (Å²) in [6, 6.07) is 5.49. The van der Waals surface area contributed by atoms with Gasteiger partial charge in [-0.05, 0) is 29.4 Å². The number of halogens is 4. The minimum atomic E-state index is -4.29. The summed E-state index contributed by atoms with van der Waals surface area (Å²) in [4.78, 5) is 0. The van der Waals surface area contributed by atoms with Crippen molar-refractivity contribution < 1.29 is 13.2 Å². The Morgan fingerprint density at radius 1 is 1.22 bits per heavy atom. The molecule has 0 aliphatic rings. The van der Waals surface area contributed by atoms with Crippen LogP contribution < -0.4 is 0 Å². The second-order valence-electron chi connectivity index (χ2n) is 5.32. The van der Waals surface area contributed by atoms with Crippen molar-refractivity contribution in [3.8, 4) is 0 Å². The largest absolute Gasteiger partial charge is 0.416 e. The van der Waals surface area contributed by atoms with Crippen LogP contribution in [0.1, 0.15) is 31.9 Å². The molecule has 0 bridgehead atoms. The molecular formula is C14H18ClF3. The summed E-state index contributed by atoms with van der Waals surface area (Å²) in [6.45, 7) is 6.08. The van der Waals surface area contributed by atoms with Gasteiger partial charge in [-0.25, -0.2) is 0 Å². The van der Waals surface area contributed by atoms with Crippen molar-refractivity contribution in [2.45, 2.75) is 33.4 Å². The van der Waals surface area contributed by atoms with Gasteiger partial charge in [-0.1, -0.05) is 39.0 Å². The molecule has 0 spiro atoms. The fraction of sp³-hybridized carbons (Fsp3) is 0.571. The molecule has 1 aromatic carbocycles. The Morgan fingerprint density at radius 2 is 1.83 bits per heavy atom. The van der Waals surface area contributed by atoms with E-state index in [1.807, 2.05) is 20.8 Å². The molecule has 0 saturated heterocycles. The standard InChI is InChI=1S/C14H18ClF3/c1-10(2)13(3,9-15)8-11-5-4-6-12(7-11)14(16,17)18/h4-7,10H,8-9H2,1-3H3. The van der Waals surface area contributed by atoms with Crippen molar-refractivity contribution in [1.82, 2.24) is 0 Å². The highest BCUT2D eigenvalue weighted by molar-refractivity contribution is 6.18.